The van der Waals surface area contributed by atoms with Crippen LogP contribution < -0.4 is 24.4 Å². The zero-order valence-electron chi connectivity index (χ0n) is 15.5. The summed E-state index contributed by atoms with van der Waals surface area (Å²) in [5.41, 5.74) is 0.593. The Morgan fingerprint density at radius 1 is 1.22 bits per heavy atom. The molecule has 2 amide bonds. The molecule has 144 valence electrons. The van der Waals surface area contributed by atoms with Crippen molar-refractivity contribution in [3.05, 3.63) is 36.3 Å². The lowest BCUT2D eigenvalue weighted by atomic mass is 10.1. The topological polar surface area (TPSA) is 90.2 Å². The Morgan fingerprint density at radius 2 is 1.93 bits per heavy atom. The first-order valence-electron chi connectivity index (χ1n) is 8.47. The number of hydrogen-bond acceptors (Lipinski definition) is 6. The van der Waals surface area contributed by atoms with Crippen LogP contribution in [0.2, 0.25) is 0 Å². The van der Waals surface area contributed by atoms with E-state index in [1.165, 1.54) is 21.3 Å². The summed E-state index contributed by atoms with van der Waals surface area (Å²) in [6, 6.07) is 6.93. The number of nitrogens with one attached hydrogen (secondary N) is 1. The summed E-state index contributed by atoms with van der Waals surface area (Å²) in [7, 11) is 4.54. The molecule has 1 saturated heterocycles. The predicted octanol–water partition coefficient (Wildman–Crippen LogP) is 1.97. The van der Waals surface area contributed by atoms with Crippen molar-refractivity contribution in [3.8, 4) is 17.2 Å². The van der Waals surface area contributed by atoms with Crippen LogP contribution in [-0.2, 0) is 16.1 Å². The third-order valence-electron chi connectivity index (χ3n) is 4.47. The summed E-state index contributed by atoms with van der Waals surface area (Å²) in [6.45, 7) is 0.572. The summed E-state index contributed by atoms with van der Waals surface area (Å²) >= 11 is 0. The SMILES string of the molecule is COc1cc(N2CC(C(=O)NCc3ccco3)CC2=O)cc(OC)c1OC. The normalized spacial score (nSPS) is 16.3. The first-order valence-corrected chi connectivity index (χ1v) is 8.47. The minimum absolute atomic E-state index is 0.137. The van der Waals surface area contributed by atoms with E-state index in [4.69, 9.17) is 18.6 Å². The molecule has 1 aliphatic rings. The molecular formula is C19H22N2O6. The Morgan fingerprint density at radius 3 is 2.48 bits per heavy atom. The zero-order valence-corrected chi connectivity index (χ0v) is 15.5. The number of furan rings is 1. The van der Waals surface area contributed by atoms with Gasteiger partial charge in [-0.15, -0.1) is 0 Å². The van der Waals surface area contributed by atoms with Gasteiger partial charge in [0.2, 0.25) is 17.6 Å². The maximum Gasteiger partial charge on any atom is 0.227 e. The molecule has 27 heavy (non-hydrogen) atoms. The lowest BCUT2D eigenvalue weighted by Crippen LogP contribution is -2.32. The number of amides is 2. The number of anilines is 1. The summed E-state index contributed by atoms with van der Waals surface area (Å²) in [4.78, 5) is 26.5. The molecular weight excluding hydrogens is 352 g/mol. The van der Waals surface area contributed by atoms with Gasteiger partial charge < -0.3 is 28.8 Å². The molecule has 1 unspecified atom stereocenters. The standard InChI is InChI=1S/C19H22N2O6/c1-24-15-8-13(9-16(25-2)18(15)26-3)21-11-12(7-17(21)22)19(23)20-10-14-5-4-6-27-14/h4-6,8-9,12H,7,10-11H2,1-3H3,(H,20,23). The van der Waals surface area contributed by atoms with Gasteiger partial charge in [0.15, 0.2) is 11.5 Å². The highest BCUT2D eigenvalue weighted by Crippen LogP contribution is 2.42. The Kier molecular flexibility index (Phi) is 5.54. The zero-order chi connectivity index (χ0) is 19.4. The monoisotopic (exact) mass is 374 g/mol. The van der Waals surface area contributed by atoms with Gasteiger partial charge in [-0.3, -0.25) is 9.59 Å². The molecule has 3 rings (SSSR count). The van der Waals surface area contributed by atoms with E-state index in [1.54, 1.807) is 35.4 Å². The van der Waals surface area contributed by atoms with Crippen LogP contribution in [0.4, 0.5) is 5.69 Å². The number of benzene rings is 1. The van der Waals surface area contributed by atoms with Crippen molar-refractivity contribution in [2.24, 2.45) is 5.92 Å². The van der Waals surface area contributed by atoms with Crippen molar-refractivity contribution >= 4 is 17.5 Å². The third kappa shape index (κ3) is 3.84. The van der Waals surface area contributed by atoms with Gasteiger partial charge in [-0.2, -0.15) is 0 Å². The first-order chi connectivity index (χ1) is 13.1. The Hall–Kier alpha value is -3.16. The van der Waals surface area contributed by atoms with Gasteiger partial charge in [-0.05, 0) is 12.1 Å². The van der Waals surface area contributed by atoms with Gasteiger partial charge in [0, 0.05) is 25.1 Å². The van der Waals surface area contributed by atoms with Gasteiger partial charge in [-0.25, -0.2) is 0 Å². The van der Waals surface area contributed by atoms with Gasteiger partial charge in [0.25, 0.3) is 0 Å². The van der Waals surface area contributed by atoms with E-state index in [9.17, 15) is 9.59 Å². The second-order valence-corrected chi connectivity index (χ2v) is 6.09. The van der Waals surface area contributed by atoms with Crippen LogP contribution in [0.15, 0.2) is 34.9 Å². The summed E-state index contributed by atoms with van der Waals surface area (Å²) in [5.74, 6) is 1.25. The van der Waals surface area contributed by atoms with E-state index in [1.807, 2.05) is 0 Å². The van der Waals surface area contributed by atoms with Crippen LogP contribution in [-0.4, -0.2) is 39.7 Å². The molecule has 0 saturated carbocycles. The minimum Gasteiger partial charge on any atom is -0.493 e. The average Bonchev–Trinajstić information content (AvgIpc) is 3.34. The Bertz CT molecular complexity index is 793. The van der Waals surface area contributed by atoms with E-state index >= 15 is 0 Å². The molecule has 8 nitrogen and oxygen atoms in total. The molecule has 1 atom stereocenters. The van der Waals surface area contributed by atoms with Gasteiger partial charge in [-0.1, -0.05) is 0 Å². The maximum absolute atomic E-state index is 12.5. The molecule has 2 aromatic rings. The summed E-state index contributed by atoms with van der Waals surface area (Å²) in [5, 5.41) is 2.80. The quantitative estimate of drug-likeness (QED) is 0.797. The second kappa shape index (κ2) is 8.03. The van der Waals surface area contributed by atoms with Crippen LogP contribution in [0.25, 0.3) is 0 Å². The molecule has 0 spiro atoms. The van der Waals surface area contributed by atoms with Crippen molar-refractivity contribution in [2.75, 3.05) is 32.8 Å². The smallest absolute Gasteiger partial charge is 0.227 e. The molecule has 1 N–H and O–H groups in total. The third-order valence-corrected chi connectivity index (χ3v) is 4.47. The van der Waals surface area contributed by atoms with Crippen molar-refractivity contribution in [3.63, 3.8) is 0 Å². The fourth-order valence-electron chi connectivity index (χ4n) is 3.09. The molecule has 0 radical (unpaired) electrons. The number of carbonyl (C=O) groups excluding carboxylic acids is 2. The van der Waals surface area contributed by atoms with Crippen molar-refractivity contribution in [1.29, 1.82) is 0 Å². The lowest BCUT2D eigenvalue weighted by molar-refractivity contribution is -0.126. The van der Waals surface area contributed by atoms with E-state index in [2.05, 4.69) is 5.32 Å². The second-order valence-electron chi connectivity index (χ2n) is 6.09. The van der Waals surface area contributed by atoms with Crippen molar-refractivity contribution < 1.29 is 28.2 Å². The van der Waals surface area contributed by atoms with Gasteiger partial charge in [0.05, 0.1) is 45.7 Å². The molecule has 2 heterocycles. The minimum atomic E-state index is -0.438. The maximum atomic E-state index is 12.5. The summed E-state index contributed by atoms with van der Waals surface area (Å²) in [6.07, 6.45) is 1.69. The van der Waals surface area contributed by atoms with E-state index in [-0.39, 0.29) is 24.8 Å². The average molecular weight is 374 g/mol. The molecule has 1 fully saturated rings. The largest absolute Gasteiger partial charge is 0.493 e. The molecule has 1 aromatic carbocycles. The van der Waals surface area contributed by atoms with Crippen LogP contribution in [0.5, 0.6) is 17.2 Å². The highest BCUT2D eigenvalue weighted by atomic mass is 16.5. The van der Waals surface area contributed by atoms with Crippen molar-refractivity contribution in [2.45, 2.75) is 13.0 Å². The van der Waals surface area contributed by atoms with E-state index in [0.29, 0.717) is 35.2 Å². The Labute approximate surface area is 157 Å². The van der Waals surface area contributed by atoms with Crippen LogP contribution >= 0.6 is 0 Å². The van der Waals surface area contributed by atoms with E-state index < -0.39 is 5.92 Å². The Balaban J connectivity index is 1.74. The van der Waals surface area contributed by atoms with Crippen molar-refractivity contribution in [1.82, 2.24) is 5.32 Å². The number of ether oxygens (including phenoxy) is 3. The number of methoxy groups -OCH3 is 3. The first kappa shape index (κ1) is 18.6. The van der Waals surface area contributed by atoms with Crippen LogP contribution in [0.1, 0.15) is 12.2 Å². The molecule has 0 aliphatic carbocycles. The number of carbonyl (C=O) groups is 2. The van der Waals surface area contributed by atoms with Crippen LogP contribution in [0, 0.1) is 5.92 Å². The molecule has 0 bridgehead atoms. The summed E-state index contributed by atoms with van der Waals surface area (Å²) < 4.78 is 21.2. The highest BCUT2D eigenvalue weighted by Gasteiger charge is 2.36. The van der Waals surface area contributed by atoms with Gasteiger partial charge >= 0.3 is 0 Å². The predicted molar refractivity (Wildman–Crippen MR) is 97.1 cm³/mol. The number of nitrogens with zero attached hydrogens (tertiary/aromatic N) is 1. The van der Waals surface area contributed by atoms with E-state index in [0.717, 1.165) is 0 Å². The molecule has 8 heteroatoms. The molecule has 1 aliphatic heterocycles. The highest BCUT2D eigenvalue weighted by molar-refractivity contribution is 6.00. The fraction of sp³-hybridized carbons (Fsp3) is 0.368. The van der Waals surface area contributed by atoms with Crippen LogP contribution in [0.3, 0.4) is 0 Å². The molecule has 1 aromatic heterocycles. The number of rotatable bonds is 7. The lowest BCUT2D eigenvalue weighted by Gasteiger charge is -2.20. The van der Waals surface area contributed by atoms with Gasteiger partial charge in [0.1, 0.15) is 5.76 Å². The fourth-order valence-corrected chi connectivity index (χ4v) is 3.09. The number of hydrogen-bond donors (Lipinski definition) is 1.